The van der Waals surface area contributed by atoms with Gasteiger partial charge in [0, 0.05) is 27.9 Å². The van der Waals surface area contributed by atoms with E-state index in [0.29, 0.717) is 11.5 Å². The Labute approximate surface area is 168 Å². The summed E-state index contributed by atoms with van der Waals surface area (Å²) in [6.45, 7) is 0. The molecule has 0 aromatic heterocycles. The molecule has 0 spiro atoms. The molecule has 2 aromatic carbocycles. The molecule has 2 atom stereocenters. The van der Waals surface area contributed by atoms with Crippen molar-refractivity contribution in [2.45, 2.75) is 24.2 Å². The van der Waals surface area contributed by atoms with Crippen LogP contribution < -0.4 is 0 Å². The maximum atomic E-state index is 4.88. The lowest BCUT2D eigenvalue weighted by molar-refractivity contribution is 0.409. The molecular formula is C20H24S4. The zero-order chi connectivity index (χ0) is 17.4. The molecule has 0 saturated carbocycles. The van der Waals surface area contributed by atoms with Crippen molar-refractivity contribution in [1.29, 1.82) is 0 Å². The zero-order valence-corrected chi connectivity index (χ0v) is 17.1. The van der Waals surface area contributed by atoms with E-state index in [0.717, 1.165) is 18.1 Å². The molecule has 0 aliphatic carbocycles. The SMILES string of the molecule is S[CH]CCC(c1ccccc1)C(CS)([C](S)CS)c1ccccc1. The normalized spacial score (nSPS) is 15.2. The highest BCUT2D eigenvalue weighted by molar-refractivity contribution is 7.87. The Hall–Kier alpha value is -0.160. The van der Waals surface area contributed by atoms with Crippen molar-refractivity contribution in [2.75, 3.05) is 11.5 Å². The number of rotatable bonds is 9. The third-order valence-electron chi connectivity index (χ3n) is 4.58. The summed E-state index contributed by atoms with van der Waals surface area (Å²) in [5.41, 5.74) is 2.28. The monoisotopic (exact) mass is 392 g/mol. The summed E-state index contributed by atoms with van der Waals surface area (Å²) in [5, 5.41) is 1.06. The van der Waals surface area contributed by atoms with Gasteiger partial charge in [-0.3, -0.25) is 0 Å². The number of hydrogen-bond donors (Lipinski definition) is 4. The van der Waals surface area contributed by atoms with Crippen molar-refractivity contribution in [3.8, 4) is 0 Å². The van der Waals surface area contributed by atoms with E-state index in [4.69, 9.17) is 25.3 Å². The van der Waals surface area contributed by atoms with Gasteiger partial charge in [0.05, 0.1) is 0 Å². The molecule has 4 heteroatoms. The standard InChI is InChI=1S/C20H24S4/c21-13-7-12-18(16-8-3-1-4-9-16)20(15-23,19(24)14-22)17-10-5-2-6-11-17/h1-6,8-11,13,18,21-24H,7,12,14-15H2. The molecule has 0 N–H and O–H groups in total. The van der Waals surface area contributed by atoms with Gasteiger partial charge in [0.25, 0.3) is 0 Å². The third-order valence-corrected chi connectivity index (χ3v) is 6.46. The maximum Gasteiger partial charge on any atom is 0.0488 e. The molecule has 0 nitrogen and oxygen atoms in total. The first-order valence-electron chi connectivity index (χ1n) is 8.04. The van der Waals surface area contributed by atoms with Crippen LogP contribution in [0.15, 0.2) is 60.7 Å². The molecule has 0 aliphatic heterocycles. The van der Waals surface area contributed by atoms with Gasteiger partial charge in [0.15, 0.2) is 0 Å². The largest absolute Gasteiger partial charge is 0.178 e. The van der Waals surface area contributed by atoms with E-state index in [9.17, 15) is 0 Å². The van der Waals surface area contributed by atoms with Gasteiger partial charge in [-0.25, -0.2) is 0 Å². The molecule has 0 bridgehead atoms. The van der Waals surface area contributed by atoms with Gasteiger partial charge in [-0.15, -0.1) is 0 Å². The minimum atomic E-state index is -0.270. The Bertz CT molecular complexity index is 587. The summed E-state index contributed by atoms with van der Waals surface area (Å²) < 4.78 is 0. The van der Waals surface area contributed by atoms with Crippen molar-refractivity contribution in [3.05, 3.63) is 82.8 Å². The molecule has 2 unspecified atom stereocenters. The minimum Gasteiger partial charge on any atom is -0.178 e. The van der Waals surface area contributed by atoms with Crippen LogP contribution in [0.3, 0.4) is 0 Å². The first-order chi connectivity index (χ1) is 11.7. The Morgan fingerprint density at radius 1 is 0.958 bits per heavy atom. The average Bonchev–Trinajstić information content (AvgIpc) is 2.66. The molecule has 2 aromatic rings. The van der Waals surface area contributed by atoms with Crippen LogP contribution in [-0.4, -0.2) is 11.5 Å². The summed E-state index contributed by atoms with van der Waals surface area (Å²) in [7, 11) is 0. The second kappa shape index (κ2) is 10.1. The van der Waals surface area contributed by atoms with Crippen LogP contribution in [0.5, 0.6) is 0 Å². The van der Waals surface area contributed by atoms with E-state index >= 15 is 0 Å². The summed E-state index contributed by atoms with van der Waals surface area (Å²) in [5.74, 6) is 3.50. The summed E-state index contributed by atoms with van der Waals surface area (Å²) in [6, 6.07) is 21.2. The minimum absolute atomic E-state index is 0.265. The molecular weight excluding hydrogens is 368 g/mol. The zero-order valence-electron chi connectivity index (χ0n) is 13.5. The fourth-order valence-corrected chi connectivity index (χ4v) is 4.88. The second-order valence-corrected chi connectivity index (χ2v) is 7.36. The van der Waals surface area contributed by atoms with E-state index in [-0.39, 0.29) is 11.3 Å². The molecule has 0 amide bonds. The quantitative estimate of drug-likeness (QED) is 0.375. The molecule has 0 heterocycles. The van der Waals surface area contributed by atoms with Crippen molar-refractivity contribution >= 4 is 50.5 Å². The average molecular weight is 393 g/mol. The van der Waals surface area contributed by atoms with Gasteiger partial charge in [-0.05, 0) is 29.9 Å². The van der Waals surface area contributed by atoms with Gasteiger partial charge in [0.2, 0.25) is 0 Å². The topological polar surface area (TPSA) is 0 Å². The van der Waals surface area contributed by atoms with Crippen LogP contribution in [0.1, 0.15) is 29.9 Å². The van der Waals surface area contributed by atoms with E-state index in [2.05, 4.69) is 79.9 Å². The second-order valence-electron chi connectivity index (χ2n) is 5.82. The lowest BCUT2D eigenvalue weighted by Crippen LogP contribution is -2.41. The third kappa shape index (κ3) is 4.32. The maximum absolute atomic E-state index is 4.88. The summed E-state index contributed by atoms with van der Waals surface area (Å²) in [6.07, 6.45) is 1.92. The van der Waals surface area contributed by atoms with Gasteiger partial charge >= 0.3 is 0 Å². The van der Waals surface area contributed by atoms with Gasteiger partial charge in [-0.1, -0.05) is 60.7 Å². The lowest BCUT2D eigenvalue weighted by Gasteiger charge is -2.44. The van der Waals surface area contributed by atoms with Crippen LogP contribution in [0.2, 0.25) is 0 Å². The number of thiol groups is 4. The first-order valence-corrected chi connectivity index (χ1v) is 10.3. The lowest BCUT2D eigenvalue weighted by atomic mass is 9.65. The molecule has 24 heavy (non-hydrogen) atoms. The fourth-order valence-electron chi connectivity index (χ4n) is 3.36. The Morgan fingerprint density at radius 3 is 2.04 bits per heavy atom. The molecule has 0 fully saturated rings. The Morgan fingerprint density at radius 2 is 1.54 bits per heavy atom. The summed E-state index contributed by atoms with van der Waals surface area (Å²) >= 11 is 18.5. The molecule has 0 aliphatic rings. The van der Waals surface area contributed by atoms with Crippen LogP contribution in [-0.2, 0) is 5.41 Å². The van der Waals surface area contributed by atoms with Crippen molar-refractivity contribution in [2.24, 2.45) is 0 Å². The Balaban J connectivity index is 2.60. The molecule has 2 radical (unpaired) electrons. The van der Waals surface area contributed by atoms with E-state index < -0.39 is 0 Å². The van der Waals surface area contributed by atoms with Gasteiger partial charge < -0.3 is 0 Å². The van der Waals surface area contributed by atoms with Gasteiger partial charge in [-0.2, -0.15) is 50.5 Å². The van der Waals surface area contributed by atoms with Crippen LogP contribution in [0.25, 0.3) is 0 Å². The predicted molar refractivity (Wildman–Crippen MR) is 120 cm³/mol. The van der Waals surface area contributed by atoms with E-state index in [1.54, 1.807) is 0 Å². The van der Waals surface area contributed by atoms with E-state index in [1.165, 1.54) is 11.1 Å². The van der Waals surface area contributed by atoms with Crippen molar-refractivity contribution in [1.82, 2.24) is 0 Å². The van der Waals surface area contributed by atoms with E-state index in [1.807, 2.05) is 11.8 Å². The van der Waals surface area contributed by atoms with Crippen LogP contribution in [0.4, 0.5) is 0 Å². The van der Waals surface area contributed by atoms with Gasteiger partial charge in [0.1, 0.15) is 0 Å². The van der Waals surface area contributed by atoms with Crippen molar-refractivity contribution in [3.63, 3.8) is 0 Å². The van der Waals surface area contributed by atoms with Crippen molar-refractivity contribution < 1.29 is 0 Å². The molecule has 128 valence electrons. The summed E-state index contributed by atoms with van der Waals surface area (Å²) in [4.78, 5) is 0. The van der Waals surface area contributed by atoms with Crippen LogP contribution >= 0.6 is 50.5 Å². The highest BCUT2D eigenvalue weighted by atomic mass is 32.1. The Kier molecular flexibility index (Phi) is 8.48. The molecule has 2 rings (SSSR count). The highest BCUT2D eigenvalue weighted by Gasteiger charge is 2.44. The fraction of sp³-hybridized carbons (Fsp3) is 0.300. The smallest absolute Gasteiger partial charge is 0.0488 e. The molecule has 0 saturated heterocycles. The first kappa shape index (κ1) is 20.2. The van der Waals surface area contributed by atoms with Crippen LogP contribution in [0, 0.1) is 11.0 Å². The predicted octanol–water partition coefficient (Wildman–Crippen LogP) is 5.90. The number of benzene rings is 2. The highest BCUT2D eigenvalue weighted by Crippen LogP contribution is 2.51. The number of hydrogen-bond acceptors (Lipinski definition) is 4.